The van der Waals surface area contributed by atoms with Crippen molar-refractivity contribution in [3.05, 3.63) is 0 Å². The van der Waals surface area contributed by atoms with Crippen molar-refractivity contribution in [2.45, 2.75) is 25.3 Å². The smallest absolute Gasteiger partial charge is 0.0480 e. The van der Waals surface area contributed by atoms with Gasteiger partial charge in [-0.1, -0.05) is 0 Å². The molecule has 0 aromatic carbocycles. The molecule has 1 rings (SSSR count). The van der Waals surface area contributed by atoms with Crippen LogP contribution in [-0.4, -0.2) is 32.3 Å². The molecular formula is C8H18N2O. The molecule has 0 unspecified atom stereocenters. The first-order valence-corrected chi connectivity index (χ1v) is 4.44. The lowest BCUT2D eigenvalue weighted by atomic mass is 10.1. The van der Waals surface area contributed by atoms with E-state index in [1.54, 1.807) is 0 Å². The van der Waals surface area contributed by atoms with Gasteiger partial charge in [0.2, 0.25) is 0 Å². The first-order valence-electron chi connectivity index (χ1n) is 4.44. The summed E-state index contributed by atoms with van der Waals surface area (Å²) in [5.74, 6) is 0. The minimum Gasteiger partial charge on any atom is -0.381 e. The third-order valence-corrected chi connectivity index (χ3v) is 2.04. The minimum absolute atomic E-state index is 0.676. The average molecular weight is 158 g/mol. The van der Waals surface area contributed by atoms with Gasteiger partial charge in [0.25, 0.3) is 0 Å². The zero-order chi connectivity index (χ0) is 7.94. The third-order valence-electron chi connectivity index (χ3n) is 2.04. The van der Waals surface area contributed by atoms with E-state index in [2.05, 4.69) is 5.32 Å². The normalized spacial score (nSPS) is 20.5. The number of hydrogen-bond donors (Lipinski definition) is 2. The molecule has 3 nitrogen and oxygen atoms in total. The lowest BCUT2D eigenvalue weighted by molar-refractivity contribution is 0.0781. The fraction of sp³-hybridized carbons (Fsp3) is 1.00. The van der Waals surface area contributed by atoms with Gasteiger partial charge in [-0.25, -0.2) is 0 Å². The van der Waals surface area contributed by atoms with Crippen molar-refractivity contribution >= 4 is 0 Å². The van der Waals surface area contributed by atoms with Crippen molar-refractivity contribution in [1.29, 1.82) is 0 Å². The predicted octanol–water partition coefficient (Wildman–Crippen LogP) is 0.104. The van der Waals surface area contributed by atoms with Crippen LogP contribution in [0.25, 0.3) is 0 Å². The van der Waals surface area contributed by atoms with Gasteiger partial charge in [-0.3, -0.25) is 0 Å². The van der Waals surface area contributed by atoms with Crippen LogP contribution in [0.1, 0.15) is 19.3 Å². The van der Waals surface area contributed by atoms with Gasteiger partial charge in [0.1, 0.15) is 0 Å². The molecule has 0 spiro atoms. The van der Waals surface area contributed by atoms with E-state index in [0.29, 0.717) is 6.04 Å². The summed E-state index contributed by atoms with van der Waals surface area (Å²) in [5.41, 5.74) is 5.38. The van der Waals surface area contributed by atoms with Crippen LogP contribution in [-0.2, 0) is 4.74 Å². The van der Waals surface area contributed by atoms with Gasteiger partial charge in [0.15, 0.2) is 0 Å². The van der Waals surface area contributed by atoms with E-state index in [4.69, 9.17) is 10.5 Å². The molecule has 3 heteroatoms. The highest BCUT2D eigenvalue weighted by atomic mass is 16.5. The van der Waals surface area contributed by atoms with E-state index >= 15 is 0 Å². The fourth-order valence-electron chi connectivity index (χ4n) is 1.31. The zero-order valence-corrected chi connectivity index (χ0v) is 7.01. The largest absolute Gasteiger partial charge is 0.381 e. The first kappa shape index (κ1) is 8.97. The highest BCUT2D eigenvalue weighted by Gasteiger charge is 2.11. The van der Waals surface area contributed by atoms with Crippen LogP contribution in [0.15, 0.2) is 0 Å². The Morgan fingerprint density at radius 1 is 1.36 bits per heavy atom. The van der Waals surface area contributed by atoms with Crippen LogP contribution in [0.2, 0.25) is 0 Å². The summed E-state index contributed by atoms with van der Waals surface area (Å²) < 4.78 is 5.24. The second-order valence-corrected chi connectivity index (χ2v) is 2.98. The van der Waals surface area contributed by atoms with Crippen molar-refractivity contribution in [3.63, 3.8) is 0 Å². The molecule has 0 radical (unpaired) electrons. The van der Waals surface area contributed by atoms with Crippen LogP contribution in [0.4, 0.5) is 0 Å². The SMILES string of the molecule is NCCCNC1CCOCC1. The maximum atomic E-state index is 5.38. The lowest BCUT2D eigenvalue weighted by Gasteiger charge is -2.22. The quantitative estimate of drug-likeness (QED) is 0.571. The fourth-order valence-corrected chi connectivity index (χ4v) is 1.31. The topological polar surface area (TPSA) is 47.3 Å². The molecule has 0 amide bonds. The molecule has 3 N–H and O–H groups in total. The van der Waals surface area contributed by atoms with E-state index in [1.807, 2.05) is 0 Å². The Morgan fingerprint density at radius 2 is 2.09 bits per heavy atom. The highest BCUT2D eigenvalue weighted by Crippen LogP contribution is 2.05. The number of nitrogens with one attached hydrogen (secondary N) is 1. The Morgan fingerprint density at radius 3 is 2.73 bits per heavy atom. The summed E-state index contributed by atoms with van der Waals surface area (Å²) in [6.07, 6.45) is 3.40. The first-order chi connectivity index (χ1) is 5.43. The Bertz CT molecular complexity index is 92.1. The number of ether oxygens (including phenoxy) is 1. The van der Waals surface area contributed by atoms with E-state index in [1.165, 1.54) is 0 Å². The Labute approximate surface area is 68.3 Å². The van der Waals surface area contributed by atoms with Gasteiger partial charge in [-0.15, -0.1) is 0 Å². The molecule has 0 aromatic rings. The Hall–Kier alpha value is -0.120. The second kappa shape index (κ2) is 5.52. The van der Waals surface area contributed by atoms with Gasteiger partial charge < -0.3 is 15.8 Å². The molecule has 66 valence electrons. The molecule has 1 aliphatic heterocycles. The highest BCUT2D eigenvalue weighted by molar-refractivity contribution is 4.69. The van der Waals surface area contributed by atoms with E-state index in [0.717, 1.165) is 45.6 Å². The van der Waals surface area contributed by atoms with Gasteiger partial charge >= 0.3 is 0 Å². The number of hydrogen-bond acceptors (Lipinski definition) is 3. The van der Waals surface area contributed by atoms with Crippen molar-refractivity contribution in [2.75, 3.05) is 26.3 Å². The van der Waals surface area contributed by atoms with E-state index < -0.39 is 0 Å². The maximum Gasteiger partial charge on any atom is 0.0480 e. The monoisotopic (exact) mass is 158 g/mol. The van der Waals surface area contributed by atoms with Crippen LogP contribution in [0.3, 0.4) is 0 Å². The average Bonchev–Trinajstić information content (AvgIpc) is 2.07. The van der Waals surface area contributed by atoms with Gasteiger partial charge in [-0.05, 0) is 32.4 Å². The molecule has 0 saturated carbocycles. The summed E-state index contributed by atoms with van der Waals surface area (Å²) in [6, 6.07) is 0.676. The lowest BCUT2D eigenvalue weighted by Crippen LogP contribution is -2.35. The van der Waals surface area contributed by atoms with E-state index in [9.17, 15) is 0 Å². The van der Waals surface area contributed by atoms with Crippen molar-refractivity contribution < 1.29 is 4.74 Å². The summed E-state index contributed by atoms with van der Waals surface area (Å²) in [5, 5.41) is 3.46. The van der Waals surface area contributed by atoms with Crippen LogP contribution in [0.5, 0.6) is 0 Å². The van der Waals surface area contributed by atoms with E-state index in [-0.39, 0.29) is 0 Å². The van der Waals surface area contributed by atoms with Gasteiger partial charge in [0, 0.05) is 19.3 Å². The van der Waals surface area contributed by atoms with Gasteiger partial charge in [0.05, 0.1) is 0 Å². The molecule has 0 aliphatic carbocycles. The predicted molar refractivity (Wildman–Crippen MR) is 45.5 cm³/mol. The molecule has 0 bridgehead atoms. The molecular weight excluding hydrogens is 140 g/mol. The Balaban J connectivity index is 1.96. The van der Waals surface area contributed by atoms with Crippen molar-refractivity contribution in [3.8, 4) is 0 Å². The molecule has 0 atom stereocenters. The maximum absolute atomic E-state index is 5.38. The Kier molecular flexibility index (Phi) is 4.50. The summed E-state index contributed by atoms with van der Waals surface area (Å²) >= 11 is 0. The summed E-state index contributed by atoms with van der Waals surface area (Å²) in [4.78, 5) is 0. The standard InChI is InChI=1S/C8H18N2O/c9-4-1-5-10-8-2-6-11-7-3-8/h8,10H,1-7,9H2. The minimum atomic E-state index is 0.676. The second-order valence-electron chi connectivity index (χ2n) is 2.98. The summed E-state index contributed by atoms with van der Waals surface area (Å²) in [7, 11) is 0. The zero-order valence-electron chi connectivity index (χ0n) is 7.01. The molecule has 1 heterocycles. The molecule has 0 aromatic heterocycles. The van der Waals surface area contributed by atoms with Crippen LogP contribution in [0, 0.1) is 0 Å². The number of nitrogens with two attached hydrogens (primary N) is 1. The summed E-state index contributed by atoms with van der Waals surface area (Å²) in [6.45, 7) is 3.68. The van der Waals surface area contributed by atoms with Crippen molar-refractivity contribution in [2.24, 2.45) is 5.73 Å². The number of rotatable bonds is 4. The molecule has 1 aliphatic rings. The third kappa shape index (κ3) is 3.70. The molecule has 11 heavy (non-hydrogen) atoms. The van der Waals surface area contributed by atoms with Gasteiger partial charge in [-0.2, -0.15) is 0 Å². The van der Waals surface area contributed by atoms with Crippen LogP contribution < -0.4 is 11.1 Å². The van der Waals surface area contributed by atoms with Crippen LogP contribution >= 0.6 is 0 Å². The molecule has 1 fully saturated rings. The molecule has 1 saturated heterocycles. The van der Waals surface area contributed by atoms with Crippen molar-refractivity contribution in [1.82, 2.24) is 5.32 Å².